The minimum atomic E-state index is -0.471. The Morgan fingerprint density at radius 1 is 1.40 bits per heavy atom. The van der Waals surface area contributed by atoms with Gasteiger partial charge in [0, 0.05) is 11.1 Å². The molecule has 7 nitrogen and oxygen atoms in total. The fraction of sp³-hybridized carbons (Fsp3) is 0.333. The second-order valence-electron chi connectivity index (χ2n) is 4.29. The molecule has 20 heavy (non-hydrogen) atoms. The number of hydrogen-bond donors (Lipinski definition) is 1. The minimum absolute atomic E-state index is 0.0622. The van der Waals surface area contributed by atoms with E-state index in [1.54, 1.807) is 6.20 Å². The molecule has 8 heteroatoms. The molecular formula is C12H14ClN5O2. The van der Waals surface area contributed by atoms with Gasteiger partial charge in [-0.25, -0.2) is 4.68 Å². The van der Waals surface area contributed by atoms with E-state index in [0.29, 0.717) is 17.3 Å². The summed E-state index contributed by atoms with van der Waals surface area (Å²) in [6, 6.07) is 4.33. The van der Waals surface area contributed by atoms with Crippen LogP contribution in [0.15, 0.2) is 24.4 Å². The topological polar surface area (TPSA) is 99.9 Å². The largest absolute Gasteiger partial charge is 0.330 e. The van der Waals surface area contributed by atoms with Crippen LogP contribution in [0.5, 0.6) is 0 Å². The number of aromatic nitrogens is 3. The summed E-state index contributed by atoms with van der Waals surface area (Å²) in [7, 11) is 0. The average Bonchev–Trinajstić information content (AvgIpc) is 2.87. The van der Waals surface area contributed by atoms with E-state index in [1.165, 1.54) is 22.9 Å². The number of unbranched alkanes of at least 4 members (excludes halogenated alkanes) is 1. The van der Waals surface area contributed by atoms with Crippen molar-refractivity contribution in [3.8, 4) is 5.69 Å². The van der Waals surface area contributed by atoms with Gasteiger partial charge in [0.2, 0.25) is 0 Å². The zero-order valence-electron chi connectivity index (χ0n) is 10.7. The zero-order valence-corrected chi connectivity index (χ0v) is 11.5. The van der Waals surface area contributed by atoms with Crippen LogP contribution in [0, 0.1) is 10.1 Å². The second kappa shape index (κ2) is 6.44. The van der Waals surface area contributed by atoms with Crippen LogP contribution in [0.1, 0.15) is 18.5 Å². The summed E-state index contributed by atoms with van der Waals surface area (Å²) in [6.07, 6.45) is 4.23. The Morgan fingerprint density at radius 2 is 2.20 bits per heavy atom. The molecule has 0 atom stereocenters. The van der Waals surface area contributed by atoms with Crippen molar-refractivity contribution in [1.29, 1.82) is 0 Å². The van der Waals surface area contributed by atoms with Gasteiger partial charge in [-0.15, -0.1) is 5.10 Å². The molecule has 0 aliphatic heterocycles. The number of halogens is 1. The third-order valence-corrected chi connectivity index (χ3v) is 3.04. The molecular weight excluding hydrogens is 282 g/mol. The quantitative estimate of drug-likeness (QED) is 0.500. The Labute approximate surface area is 120 Å². The van der Waals surface area contributed by atoms with E-state index >= 15 is 0 Å². The summed E-state index contributed by atoms with van der Waals surface area (Å²) in [5.74, 6) is 0. The van der Waals surface area contributed by atoms with Crippen LogP contribution >= 0.6 is 11.6 Å². The SMILES string of the molecule is NCCCCc1cn(-c2cc(Cl)ccc2[N+](=O)[O-])nn1. The van der Waals surface area contributed by atoms with Crippen LogP contribution in [0.25, 0.3) is 5.69 Å². The summed E-state index contributed by atoms with van der Waals surface area (Å²) < 4.78 is 1.38. The van der Waals surface area contributed by atoms with Gasteiger partial charge in [0.25, 0.3) is 5.69 Å². The van der Waals surface area contributed by atoms with E-state index in [0.717, 1.165) is 25.0 Å². The van der Waals surface area contributed by atoms with Gasteiger partial charge >= 0.3 is 0 Å². The second-order valence-corrected chi connectivity index (χ2v) is 4.73. The molecule has 0 spiro atoms. The first-order valence-corrected chi connectivity index (χ1v) is 6.55. The monoisotopic (exact) mass is 295 g/mol. The standard InChI is InChI=1S/C12H14ClN5O2/c13-9-4-5-11(18(19)20)12(7-9)17-8-10(15-16-17)3-1-2-6-14/h4-5,7-8H,1-3,6,14H2. The molecule has 0 saturated carbocycles. The Hall–Kier alpha value is -1.99. The van der Waals surface area contributed by atoms with Gasteiger partial charge < -0.3 is 5.73 Å². The number of aryl methyl sites for hydroxylation is 1. The fourth-order valence-electron chi connectivity index (χ4n) is 1.82. The fourth-order valence-corrected chi connectivity index (χ4v) is 1.98. The van der Waals surface area contributed by atoms with Crippen molar-refractivity contribution in [3.05, 3.63) is 45.2 Å². The van der Waals surface area contributed by atoms with Crippen molar-refractivity contribution >= 4 is 17.3 Å². The van der Waals surface area contributed by atoms with Crippen LogP contribution in [0.3, 0.4) is 0 Å². The predicted molar refractivity (Wildman–Crippen MR) is 75.0 cm³/mol. The highest BCUT2D eigenvalue weighted by Crippen LogP contribution is 2.25. The van der Waals surface area contributed by atoms with Crippen LogP contribution < -0.4 is 5.73 Å². The molecule has 0 fully saturated rings. The Morgan fingerprint density at radius 3 is 2.90 bits per heavy atom. The molecule has 2 aromatic rings. The molecule has 0 aliphatic rings. The Bertz CT molecular complexity index is 614. The van der Waals surface area contributed by atoms with Crippen LogP contribution in [-0.2, 0) is 6.42 Å². The molecule has 0 unspecified atom stereocenters. The molecule has 2 N–H and O–H groups in total. The molecule has 1 aromatic carbocycles. The summed E-state index contributed by atoms with van der Waals surface area (Å²) >= 11 is 5.88. The maximum atomic E-state index is 11.0. The van der Waals surface area contributed by atoms with Gasteiger partial charge in [0.15, 0.2) is 0 Å². The molecule has 0 saturated heterocycles. The first-order chi connectivity index (χ1) is 9.61. The van der Waals surface area contributed by atoms with Gasteiger partial charge in [-0.05, 0) is 37.9 Å². The van der Waals surface area contributed by atoms with Crippen molar-refractivity contribution in [1.82, 2.24) is 15.0 Å². The number of nitro groups is 1. The molecule has 0 aliphatic carbocycles. The van der Waals surface area contributed by atoms with E-state index in [4.69, 9.17) is 17.3 Å². The molecule has 2 rings (SSSR count). The number of rotatable bonds is 6. The first kappa shape index (κ1) is 14.4. The van der Waals surface area contributed by atoms with Crippen molar-refractivity contribution < 1.29 is 4.92 Å². The molecule has 0 bridgehead atoms. The minimum Gasteiger partial charge on any atom is -0.330 e. The number of nitrogens with zero attached hydrogens (tertiary/aromatic N) is 4. The van der Waals surface area contributed by atoms with Gasteiger partial charge in [-0.3, -0.25) is 10.1 Å². The highest BCUT2D eigenvalue weighted by molar-refractivity contribution is 6.30. The normalized spacial score (nSPS) is 10.7. The zero-order chi connectivity index (χ0) is 14.5. The van der Waals surface area contributed by atoms with Gasteiger partial charge in [-0.2, -0.15) is 0 Å². The van der Waals surface area contributed by atoms with Gasteiger partial charge in [-0.1, -0.05) is 16.8 Å². The highest BCUT2D eigenvalue weighted by atomic mass is 35.5. The van der Waals surface area contributed by atoms with Crippen molar-refractivity contribution in [2.45, 2.75) is 19.3 Å². The molecule has 1 heterocycles. The lowest BCUT2D eigenvalue weighted by Gasteiger charge is -2.02. The van der Waals surface area contributed by atoms with Gasteiger partial charge in [0.05, 0.1) is 16.8 Å². The molecule has 0 radical (unpaired) electrons. The smallest absolute Gasteiger partial charge is 0.295 e. The van der Waals surface area contributed by atoms with E-state index in [1.807, 2.05) is 0 Å². The summed E-state index contributed by atoms with van der Waals surface area (Å²) in [5, 5.41) is 19.3. The predicted octanol–water partition coefficient (Wildman–Crippen LogP) is 2.11. The van der Waals surface area contributed by atoms with Crippen LogP contribution in [0.4, 0.5) is 5.69 Å². The lowest BCUT2D eigenvalue weighted by molar-refractivity contribution is -0.384. The maximum absolute atomic E-state index is 11.0. The van der Waals surface area contributed by atoms with Gasteiger partial charge in [0.1, 0.15) is 5.69 Å². The number of benzene rings is 1. The Kier molecular flexibility index (Phi) is 4.65. The van der Waals surface area contributed by atoms with E-state index < -0.39 is 4.92 Å². The first-order valence-electron chi connectivity index (χ1n) is 6.17. The number of nitro benzene ring substituents is 1. The summed E-state index contributed by atoms with van der Waals surface area (Å²) in [6.45, 7) is 0.633. The summed E-state index contributed by atoms with van der Waals surface area (Å²) in [5.41, 5.74) is 6.44. The van der Waals surface area contributed by atoms with Crippen LogP contribution in [-0.4, -0.2) is 26.5 Å². The van der Waals surface area contributed by atoms with E-state index in [9.17, 15) is 10.1 Å². The molecule has 1 aromatic heterocycles. The van der Waals surface area contributed by atoms with Crippen molar-refractivity contribution in [2.75, 3.05) is 6.54 Å². The third kappa shape index (κ3) is 3.31. The third-order valence-electron chi connectivity index (χ3n) is 2.81. The lowest BCUT2D eigenvalue weighted by atomic mass is 10.2. The lowest BCUT2D eigenvalue weighted by Crippen LogP contribution is -2.01. The van der Waals surface area contributed by atoms with E-state index in [2.05, 4.69) is 10.3 Å². The molecule has 106 valence electrons. The number of nitrogens with two attached hydrogens (primary N) is 1. The highest BCUT2D eigenvalue weighted by Gasteiger charge is 2.17. The summed E-state index contributed by atoms with van der Waals surface area (Å²) in [4.78, 5) is 10.5. The average molecular weight is 296 g/mol. The maximum Gasteiger partial charge on any atom is 0.295 e. The van der Waals surface area contributed by atoms with Crippen molar-refractivity contribution in [2.24, 2.45) is 5.73 Å². The molecule has 0 amide bonds. The number of hydrogen-bond acceptors (Lipinski definition) is 5. The van der Waals surface area contributed by atoms with Crippen LogP contribution in [0.2, 0.25) is 5.02 Å². The Balaban J connectivity index is 2.27. The van der Waals surface area contributed by atoms with Crippen molar-refractivity contribution in [3.63, 3.8) is 0 Å². The van der Waals surface area contributed by atoms with E-state index in [-0.39, 0.29) is 5.69 Å².